The largest absolute Gasteiger partial charge is 0.325 e. The molecule has 1 aromatic heterocycles. The van der Waals surface area contributed by atoms with E-state index in [0.29, 0.717) is 16.7 Å². The van der Waals surface area contributed by atoms with Crippen LogP contribution in [0.2, 0.25) is 0 Å². The van der Waals surface area contributed by atoms with Crippen LogP contribution in [0.1, 0.15) is 25.8 Å². The number of carbonyl (C=O) groups is 2. The summed E-state index contributed by atoms with van der Waals surface area (Å²) in [6.45, 7) is 5.91. The van der Waals surface area contributed by atoms with Crippen LogP contribution < -0.4 is 10.6 Å². The predicted molar refractivity (Wildman–Crippen MR) is 104 cm³/mol. The van der Waals surface area contributed by atoms with Crippen LogP contribution in [-0.4, -0.2) is 33.0 Å². The number of halogens is 1. The van der Waals surface area contributed by atoms with E-state index in [-0.39, 0.29) is 23.4 Å². The average molecular weight is 397 g/mol. The minimum absolute atomic E-state index is 0.112. The third kappa shape index (κ3) is 6.72. The first-order valence-corrected chi connectivity index (χ1v) is 10.00. The standard InChI is InChI=1S/C17H21FN4O2S2/c1-10(2)8-15-21-22-17(26-15)20-16(24)11(3)25-9-14(23)19-13-6-4-12(18)5-7-13/h4-7,10-11H,8-9H2,1-3H3,(H,19,23)(H,20,22,24). The quantitative estimate of drug-likeness (QED) is 0.713. The lowest BCUT2D eigenvalue weighted by Gasteiger charge is -2.10. The van der Waals surface area contributed by atoms with Crippen LogP contribution in [-0.2, 0) is 16.0 Å². The maximum absolute atomic E-state index is 12.8. The monoisotopic (exact) mass is 396 g/mol. The molecule has 0 aliphatic rings. The van der Waals surface area contributed by atoms with Crippen molar-refractivity contribution in [3.8, 4) is 0 Å². The summed E-state index contributed by atoms with van der Waals surface area (Å²) in [6, 6.07) is 5.51. The molecule has 1 heterocycles. The summed E-state index contributed by atoms with van der Waals surface area (Å²) >= 11 is 2.57. The molecule has 0 aliphatic carbocycles. The number of thioether (sulfide) groups is 1. The first kappa shape index (κ1) is 20.3. The topological polar surface area (TPSA) is 84.0 Å². The molecule has 26 heavy (non-hydrogen) atoms. The van der Waals surface area contributed by atoms with E-state index >= 15 is 0 Å². The number of aromatic nitrogens is 2. The zero-order chi connectivity index (χ0) is 19.1. The third-order valence-corrected chi connectivity index (χ3v) is 5.25. The van der Waals surface area contributed by atoms with Gasteiger partial charge in [-0.25, -0.2) is 4.39 Å². The summed E-state index contributed by atoms with van der Waals surface area (Å²) in [4.78, 5) is 24.1. The van der Waals surface area contributed by atoms with Crippen molar-refractivity contribution in [2.45, 2.75) is 32.4 Å². The fraction of sp³-hybridized carbons (Fsp3) is 0.412. The highest BCUT2D eigenvalue weighted by Gasteiger charge is 2.17. The van der Waals surface area contributed by atoms with Gasteiger partial charge in [-0.1, -0.05) is 25.2 Å². The molecular formula is C17H21FN4O2S2. The Balaban J connectivity index is 1.76. The molecule has 0 fully saturated rings. The number of nitrogens with zero attached hydrogens (tertiary/aromatic N) is 2. The van der Waals surface area contributed by atoms with E-state index in [1.54, 1.807) is 6.92 Å². The highest BCUT2D eigenvalue weighted by molar-refractivity contribution is 8.01. The molecule has 2 rings (SSSR count). The van der Waals surface area contributed by atoms with Crippen LogP contribution in [0, 0.1) is 11.7 Å². The smallest absolute Gasteiger partial charge is 0.239 e. The van der Waals surface area contributed by atoms with Crippen molar-refractivity contribution in [1.29, 1.82) is 0 Å². The van der Waals surface area contributed by atoms with Crippen LogP contribution in [0.25, 0.3) is 0 Å². The van der Waals surface area contributed by atoms with Gasteiger partial charge in [0.1, 0.15) is 10.8 Å². The summed E-state index contributed by atoms with van der Waals surface area (Å²) in [5.41, 5.74) is 0.514. The fourth-order valence-electron chi connectivity index (χ4n) is 1.95. The minimum Gasteiger partial charge on any atom is -0.325 e. The molecule has 9 heteroatoms. The Kier molecular flexibility index (Phi) is 7.52. The zero-order valence-electron chi connectivity index (χ0n) is 14.8. The molecular weight excluding hydrogens is 375 g/mol. The maximum atomic E-state index is 12.8. The molecule has 0 bridgehead atoms. The lowest BCUT2D eigenvalue weighted by Crippen LogP contribution is -2.25. The summed E-state index contributed by atoms with van der Waals surface area (Å²) in [7, 11) is 0. The van der Waals surface area contributed by atoms with Gasteiger partial charge in [-0.05, 0) is 37.1 Å². The number of anilines is 2. The Morgan fingerprint density at radius 1 is 1.15 bits per heavy atom. The Morgan fingerprint density at radius 2 is 1.85 bits per heavy atom. The van der Waals surface area contributed by atoms with Gasteiger partial charge in [-0.2, -0.15) is 0 Å². The van der Waals surface area contributed by atoms with Gasteiger partial charge in [-0.3, -0.25) is 14.9 Å². The normalized spacial score (nSPS) is 12.0. The Hall–Kier alpha value is -2.00. The van der Waals surface area contributed by atoms with Crippen molar-refractivity contribution in [2.75, 3.05) is 16.4 Å². The first-order valence-electron chi connectivity index (χ1n) is 8.13. The number of amides is 2. The molecule has 0 spiro atoms. The highest BCUT2D eigenvalue weighted by Crippen LogP contribution is 2.20. The summed E-state index contributed by atoms with van der Waals surface area (Å²) in [6.07, 6.45) is 0.821. The molecule has 0 saturated heterocycles. The van der Waals surface area contributed by atoms with Gasteiger partial charge in [0.05, 0.1) is 11.0 Å². The molecule has 140 valence electrons. The fourth-order valence-corrected chi connectivity index (χ4v) is 3.59. The van der Waals surface area contributed by atoms with E-state index in [1.807, 2.05) is 0 Å². The molecule has 1 aromatic carbocycles. The van der Waals surface area contributed by atoms with Crippen molar-refractivity contribution in [3.05, 3.63) is 35.1 Å². The van der Waals surface area contributed by atoms with Crippen LogP contribution in [0.3, 0.4) is 0 Å². The van der Waals surface area contributed by atoms with Crippen molar-refractivity contribution in [3.63, 3.8) is 0 Å². The molecule has 2 N–H and O–H groups in total. The number of hydrogen-bond acceptors (Lipinski definition) is 6. The Morgan fingerprint density at radius 3 is 2.50 bits per heavy atom. The van der Waals surface area contributed by atoms with Gasteiger partial charge >= 0.3 is 0 Å². The average Bonchev–Trinajstić information content (AvgIpc) is 3.00. The van der Waals surface area contributed by atoms with E-state index in [2.05, 4.69) is 34.7 Å². The second kappa shape index (κ2) is 9.63. The van der Waals surface area contributed by atoms with Crippen LogP contribution >= 0.6 is 23.1 Å². The van der Waals surface area contributed by atoms with Gasteiger partial charge < -0.3 is 5.32 Å². The van der Waals surface area contributed by atoms with Crippen molar-refractivity contribution in [1.82, 2.24) is 10.2 Å². The SMILES string of the molecule is CC(C)Cc1nnc(NC(=O)C(C)SCC(=O)Nc2ccc(F)cc2)s1. The molecule has 0 saturated carbocycles. The van der Waals surface area contributed by atoms with E-state index in [0.717, 1.165) is 11.4 Å². The first-order chi connectivity index (χ1) is 12.3. The van der Waals surface area contributed by atoms with Gasteiger partial charge in [-0.15, -0.1) is 22.0 Å². The van der Waals surface area contributed by atoms with Gasteiger partial charge in [0, 0.05) is 12.1 Å². The van der Waals surface area contributed by atoms with Gasteiger partial charge in [0.2, 0.25) is 16.9 Å². The summed E-state index contributed by atoms with van der Waals surface area (Å²) in [5.74, 6) is -0.259. The van der Waals surface area contributed by atoms with E-state index in [4.69, 9.17) is 0 Å². The Bertz CT molecular complexity index is 749. The second-order valence-electron chi connectivity index (χ2n) is 6.10. The van der Waals surface area contributed by atoms with Crippen LogP contribution in [0.5, 0.6) is 0 Å². The third-order valence-electron chi connectivity index (χ3n) is 3.24. The van der Waals surface area contributed by atoms with Gasteiger partial charge in [0.15, 0.2) is 0 Å². The minimum atomic E-state index is -0.425. The molecule has 6 nitrogen and oxygen atoms in total. The molecule has 1 unspecified atom stereocenters. The van der Waals surface area contributed by atoms with E-state index < -0.39 is 5.25 Å². The number of rotatable bonds is 8. The predicted octanol–water partition coefficient (Wildman–Crippen LogP) is 3.57. The highest BCUT2D eigenvalue weighted by atomic mass is 32.2. The van der Waals surface area contributed by atoms with Crippen molar-refractivity contribution < 1.29 is 14.0 Å². The maximum Gasteiger partial charge on any atom is 0.239 e. The lowest BCUT2D eigenvalue weighted by atomic mass is 10.1. The number of benzene rings is 1. The Labute approximate surface area is 160 Å². The van der Waals surface area contributed by atoms with E-state index in [9.17, 15) is 14.0 Å². The summed E-state index contributed by atoms with van der Waals surface area (Å²) < 4.78 is 12.8. The zero-order valence-corrected chi connectivity index (χ0v) is 16.4. The number of nitrogens with one attached hydrogen (secondary N) is 2. The van der Waals surface area contributed by atoms with Crippen molar-refractivity contribution >= 4 is 45.7 Å². The lowest BCUT2D eigenvalue weighted by molar-refractivity contribution is -0.115. The van der Waals surface area contributed by atoms with E-state index in [1.165, 1.54) is 47.4 Å². The summed E-state index contributed by atoms with van der Waals surface area (Å²) in [5, 5.41) is 14.3. The van der Waals surface area contributed by atoms with Gasteiger partial charge in [0.25, 0.3) is 0 Å². The number of hydrogen-bond donors (Lipinski definition) is 2. The second-order valence-corrected chi connectivity index (χ2v) is 8.49. The van der Waals surface area contributed by atoms with Crippen LogP contribution in [0.4, 0.5) is 15.2 Å². The van der Waals surface area contributed by atoms with Crippen molar-refractivity contribution in [2.24, 2.45) is 5.92 Å². The molecule has 2 aromatic rings. The molecule has 1 atom stereocenters. The molecule has 2 amide bonds. The van der Waals surface area contributed by atoms with Crippen LogP contribution in [0.15, 0.2) is 24.3 Å². The molecule has 0 aliphatic heterocycles. The number of carbonyl (C=O) groups excluding carboxylic acids is 2. The molecule has 0 radical (unpaired) electrons.